The molecule has 0 amide bonds. The fourth-order valence-electron chi connectivity index (χ4n) is 2.21. The van der Waals surface area contributed by atoms with Gasteiger partial charge in [-0.15, -0.1) is 0 Å². The van der Waals surface area contributed by atoms with Gasteiger partial charge in [-0.1, -0.05) is 0 Å². The van der Waals surface area contributed by atoms with E-state index in [-0.39, 0.29) is 24.6 Å². The Morgan fingerprint density at radius 2 is 1.70 bits per heavy atom. The van der Waals surface area contributed by atoms with Crippen LogP contribution in [0.5, 0.6) is 0 Å². The van der Waals surface area contributed by atoms with E-state index >= 15 is 0 Å². The van der Waals surface area contributed by atoms with Crippen molar-refractivity contribution in [2.75, 3.05) is 19.8 Å². The van der Waals surface area contributed by atoms with Crippen LogP contribution < -0.4 is 0 Å². The van der Waals surface area contributed by atoms with Gasteiger partial charge in [0.15, 0.2) is 5.79 Å². The molecule has 0 spiro atoms. The number of pyridine rings is 1. The third-order valence-electron chi connectivity index (χ3n) is 3.20. The third-order valence-corrected chi connectivity index (χ3v) is 3.20. The fourth-order valence-corrected chi connectivity index (χ4v) is 2.21. The van der Waals surface area contributed by atoms with Gasteiger partial charge in [0.1, 0.15) is 17.5 Å². The van der Waals surface area contributed by atoms with Crippen LogP contribution in [0.1, 0.15) is 60.3 Å². The average Bonchev–Trinajstić information content (AvgIpc) is 2.87. The molecule has 126 valence electrons. The fraction of sp³-hybridized carbons (Fsp3) is 0.562. The number of aromatic nitrogens is 1. The normalized spacial score (nSPS) is 19.4. The molecule has 0 N–H and O–H groups in total. The minimum atomic E-state index is -0.720. The molecular formula is C16H21NO6. The molecular weight excluding hydrogens is 302 g/mol. The minimum Gasteiger partial charge on any atom is -0.461 e. The maximum Gasteiger partial charge on any atom is 0.356 e. The standard InChI is InChI=1S/C16H21NO6/c1-5-20-14(18)11-7-10(13-9-22-16(3,4)23-13)8-12(17-11)15(19)21-6-2/h7-8,13H,5-6,9H2,1-4H3. The summed E-state index contributed by atoms with van der Waals surface area (Å²) in [7, 11) is 0. The Balaban J connectivity index is 2.37. The lowest BCUT2D eigenvalue weighted by atomic mass is 10.1. The number of ether oxygens (including phenoxy) is 4. The van der Waals surface area contributed by atoms with Crippen molar-refractivity contribution in [3.8, 4) is 0 Å². The highest BCUT2D eigenvalue weighted by atomic mass is 16.7. The van der Waals surface area contributed by atoms with Crippen LogP contribution in [0.25, 0.3) is 0 Å². The largest absolute Gasteiger partial charge is 0.461 e. The summed E-state index contributed by atoms with van der Waals surface area (Å²) in [6, 6.07) is 3.10. The first-order chi connectivity index (χ1) is 10.9. The average molecular weight is 323 g/mol. The molecule has 1 aromatic heterocycles. The van der Waals surface area contributed by atoms with Crippen LogP contribution in [0.4, 0.5) is 0 Å². The van der Waals surface area contributed by atoms with Crippen molar-refractivity contribution in [1.82, 2.24) is 4.98 Å². The van der Waals surface area contributed by atoms with Crippen molar-refractivity contribution in [2.24, 2.45) is 0 Å². The van der Waals surface area contributed by atoms with Gasteiger partial charge in [-0.25, -0.2) is 14.6 Å². The van der Waals surface area contributed by atoms with Crippen LogP contribution in [0.15, 0.2) is 12.1 Å². The van der Waals surface area contributed by atoms with Crippen LogP contribution >= 0.6 is 0 Å². The molecule has 1 aliphatic heterocycles. The molecule has 7 nitrogen and oxygen atoms in total. The maximum atomic E-state index is 12.0. The Morgan fingerprint density at radius 1 is 1.17 bits per heavy atom. The molecule has 0 bridgehead atoms. The number of nitrogens with zero attached hydrogens (tertiary/aromatic N) is 1. The van der Waals surface area contributed by atoms with E-state index in [1.165, 1.54) is 0 Å². The second-order valence-corrected chi connectivity index (χ2v) is 5.43. The summed E-state index contributed by atoms with van der Waals surface area (Å²) in [6.45, 7) is 7.75. The molecule has 1 unspecified atom stereocenters. The zero-order valence-corrected chi connectivity index (χ0v) is 13.8. The number of carbonyl (C=O) groups excluding carboxylic acids is 2. The minimum absolute atomic E-state index is 0.0423. The van der Waals surface area contributed by atoms with E-state index in [0.717, 1.165) is 0 Å². The van der Waals surface area contributed by atoms with Crippen LogP contribution in [0.3, 0.4) is 0 Å². The predicted octanol–water partition coefficient (Wildman–Crippen LogP) is 2.26. The SMILES string of the molecule is CCOC(=O)c1cc(C2COC(C)(C)O2)cc(C(=O)OCC)n1. The zero-order valence-electron chi connectivity index (χ0n) is 13.8. The van der Waals surface area contributed by atoms with Crippen LogP contribution in [-0.2, 0) is 18.9 Å². The Hall–Kier alpha value is -1.99. The summed E-state index contributed by atoms with van der Waals surface area (Å²) in [6.07, 6.45) is -0.394. The summed E-state index contributed by atoms with van der Waals surface area (Å²) in [5.41, 5.74) is 0.707. The van der Waals surface area contributed by atoms with Crippen molar-refractivity contribution in [2.45, 2.75) is 39.6 Å². The van der Waals surface area contributed by atoms with Gasteiger partial charge in [0.05, 0.1) is 19.8 Å². The summed E-state index contributed by atoms with van der Waals surface area (Å²) >= 11 is 0. The lowest BCUT2D eigenvalue weighted by molar-refractivity contribution is -0.139. The van der Waals surface area contributed by atoms with E-state index in [1.54, 1.807) is 39.8 Å². The van der Waals surface area contributed by atoms with Gasteiger partial charge in [0.2, 0.25) is 0 Å². The lowest BCUT2D eigenvalue weighted by Gasteiger charge is -2.17. The molecule has 0 radical (unpaired) electrons. The Bertz CT molecular complexity index is 562. The van der Waals surface area contributed by atoms with Crippen molar-refractivity contribution in [3.63, 3.8) is 0 Å². The lowest BCUT2D eigenvalue weighted by Crippen LogP contribution is -2.20. The van der Waals surface area contributed by atoms with E-state index in [0.29, 0.717) is 12.2 Å². The predicted molar refractivity (Wildman–Crippen MR) is 80.0 cm³/mol. The molecule has 23 heavy (non-hydrogen) atoms. The third kappa shape index (κ3) is 4.27. The molecule has 0 saturated carbocycles. The molecule has 0 aliphatic carbocycles. The van der Waals surface area contributed by atoms with Gasteiger partial charge in [0.25, 0.3) is 0 Å². The molecule has 2 rings (SSSR count). The molecule has 7 heteroatoms. The maximum absolute atomic E-state index is 12.0. The first-order valence-electron chi connectivity index (χ1n) is 7.54. The molecule has 2 heterocycles. The highest BCUT2D eigenvalue weighted by Gasteiger charge is 2.34. The Labute approximate surface area is 134 Å². The zero-order chi connectivity index (χ0) is 17.0. The second-order valence-electron chi connectivity index (χ2n) is 5.43. The smallest absolute Gasteiger partial charge is 0.356 e. The van der Waals surface area contributed by atoms with E-state index in [1.807, 2.05) is 0 Å². The van der Waals surface area contributed by atoms with Crippen molar-refractivity contribution in [3.05, 3.63) is 29.1 Å². The Kier molecular flexibility index (Phi) is 5.33. The van der Waals surface area contributed by atoms with E-state index in [9.17, 15) is 9.59 Å². The second kappa shape index (κ2) is 7.06. The first-order valence-corrected chi connectivity index (χ1v) is 7.54. The first kappa shape index (κ1) is 17.4. The molecule has 1 saturated heterocycles. The van der Waals surface area contributed by atoms with Crippen molar-refractivity contribution < 1.29 is 28.5 Å². The number of rotatable bonds is 5. The van der Waals surface area contributed by atoms with Crippen molar-refractivity contribution in [1.29, 1.82) is 0 Å². The molecule has 1 atom stereocenters. The van der Waals surface area contributed by atoms with E-state index < -0.39 is 23.8 Å². The monoisotopic (exact) mass is 323 g/mol. The Morgan fingerprint density at radius 3 is 2.09 bits per heavy atom. The van der Waals surface area contributed by atoms with Crippen molar-refractivity contribution >= 4 is 11.9 Å². The summed E-state index contributed by atoms with van der Waals surface area (Å²) < 4.78 is 21.2. The molecule has 1 aromatic rings. The van der Waals surface area contributed by atoms with Gasteiger partial charge in [0, 0.05) is 0 Å². The van der Waals surface area contributed by atoms with Gasteiger partial charge in [-0.05, 0) is 45.4 Å². The van der Waals surface area contributed by atoms with Gasteiger partial charge >= 0.3 is 11.9 Å². The van der Waals surface area contributed by atoms with Gasteiger partial charge in [-0.3, -0.25) is 0 Å². The van der Waals surface area contributed by atoms with Gasteiger partial charge < -0.3 is 18.9 Å². The highest BCUT2D eigenvalue weighted by molar-refractivity contribution is 5.92. The topological polar surface area (TPSA) is 84.0 Å². The van der Waals surface area contributed by atoms with Crippen LogP contribution in [-0.4, -0.2) is 42.5 Å². The van der Waals surface area contributed by atoms with E-state index in [4.69, 9.17) is 18.9 Å². The highest BCUT2D eigenvalue weighted by Crippen LogP contribution is 2.33. The number of hydrogen-bond donors (Lipinski definition) is 0. The van der Waals surface area contributed by atoms with Crippen LogP contribution in [0.2, 0.25) is 0 Å². The van der Waals surface area contributed by atoms with Crippen LogP contribution in [0, 0.1) is 0 Å². The summed E-state index contributed by atoms with van der Waals surface area (Å²) in [5.74, 6) is -1.92. The van der Waals surface area contributed by atoms with E-state index in [2.05, 4.69) is 4.98 Å². The molecule has 0 aromatic carbocycles. The number of hydrogen-bond acceptors (Lipinski definition) is 7. The summed E-state index contributed by atoms with van der Waals surface area (Å²) in [5, 5.41) is 0. The quantitative estimate of drug-likeness (QED) is 0.768. The molecule has 1 aliphatic rings. The number of carbonyl (C=O) groups is 2. The van der Waals surface area contributed by atoms with Gasteiger partial charge in [-0.2, -0.15) is 0 Å². The number of esters is 2. The summed E-state index contributed by atoms with van der Waals surface area (Å²) in [4.78, 5) is 28.0. The molecule has 1 fully saturated rings.